The van der Waals surface area contributed by atoms with Gasteiger partial charge in [-0.15, -0.1) is 0 Å². The van der Waals surface area contributed by atoms with Crippen molar-refractivity contribution in [1.82, 2.24) is 30.4 Å². The van der Waals surface area contributed by atoms with Crippen molar-refractivity contribution in [2.24, 2.45) is 0 Å². The fourth-order valence-electron chi connectivity index (χ4n) is 4.18. The van der Waals surface area contributed by atoms with Gasteiger partial charge in [0, 0.05) is 57.2 Å². The van der Waals surface area contributed by atoms with E-state index in [9.17, 15) is 8.42 Å². The number of thioether (sulfide) groups is 1. The molecule has 198 valence electrons. The maximum absolute atomic E-state index is 12.9. The van der Waals surface area contributed by atoms with Gasteiger partial charge >= 0.3 is 0 Å². The molecule has 5 rings (SSSR count). The van der Waals surface area contributed by atoms with Gasteiger partial charge < -0.3 is 25.2 Å². The normalized spacial score (nSPS) is 19.2. The molecule has 3 aromatic rings. The third-order valence-electron chi connectivity index (χ3n) is 6.35. The summed E-state index contributed by atoms with van der Waals surface area (Å²) in [5, 5.41) is 14.2. The number of nitrogens with one attached hydrogen (secondary N) is 3. The van der Waals surface area contributed by atoms with Crippen LogP contribution in [0.5, 0.6) is 0 Å². The second-order valence-electron chi connectivity index (χ2n) is 9.21. The molecule has 0 bridgehead atoms. The number of rotatable bonds is 8. The minimum atomic E-state index is -3.54. The number of hydrogen-bond acceptors (Lipinski definition) is 11. The molecule has 1 unspecified atom stereocenters. The number of piperazine rings is 1. The first kappa shape index (κ1) is 25.9. The average molecular weight is 545 g/mol. The van der Waals surface area contributed by atoms with Crippen LogP contribution in [0.4, 0.5) is 17.5 Å². The Balaban J connectivity index is 1.30. The predicted molar refractivity (Wildman–Crippen MR) is 144 cm³/mol. The van der Waals surface area contributed by atoms with E-state index >= 15 is 0 Å². The van der Waals surface area contributed by atoms with Gasteiger partial charge in [-0.05, 0) is 31.7 Å². The lowest BCUT2D eigenvalue weighted by atomic mass is 10.2. The van der Waals surface area contributed by atoms with Crippen LogP contribution in [0.2, 0.25) is 0 Å². The summed E-state index contributed by atoms with van der Waals surface area (Å²) in [4.78, 5) is 14.4. The maximum atomic E-state index is 12.9. The van der Waals surface area contributed by atoms with E-state index in [4.69, 9.17) is 14.7 Å². The van der Waals surface area contributed by atoms with Crippen LogP contribution in [-0.4, -0.2) is 91.8 Å². The highest BCUT2D eigenvalue weighted by atomic mass is 32.2. The van der Waals surface area contributed by atoms with Crippen LogP contribution in [0.1, 0.15) is 11.3 Å². The molecule has 0 aliphatic carbocycles. The van der Waals surface area contributed by atoms with E-state index in [0.29, 0.717) is 36.4 Å². The van der Waals surface area contributed by atoms with Gasteiger partial charge in [-0.3, -0.25) is 5.10 Å². The average Bonchev–Trinajstić information content (AvgIpc) is 3.32. The zero-order valence-corrected chi connectivity index (χ0v) is 22.6. The van der Waals surface area contributed by atoms with Gasteiger partial charge in [0.15, 0.2) is 10.6 Å². The molecule has 0 radical (unpaired) electrons. The fourth-order valence-corrected chi connectivity index (χ4v) is 6.42. The van der Waals surface area contributed by atoms with E-state index in [0.717, 1.165) is 49.1 Å². The molecule has 2 aliphatic rings. The van der Waals surface area contributed by atoms with Crippen LogP contribution in [0.15, 0.2) is 46.5 Å². The molecule has 0 saturated carbocycles. The molecule has 3 N–H and O–H groups in total. The summed E-state index contributed by atoms with van der Waals surface area (Å²) in [7, 11) is -1.42. The van der Waals surface area contributed by atoms with Gasteiger partial charge in [0.2, 0.25) is 9.84 Å². The molecule has 1 atom stereocenters. The van der Waals surface area contributed by atoms with Gasteiger partial charge in [-0.25, -0.2) is 18.4 Å². The van der Waals surface area contributed by atoms with E-state index in [2.05, 4.69) is 37.7 Å². The second-order valence-corrected chi connectivity index (χ2v) is 12.2. The highest BCUT2D eigenvalue weighted by Gasteiger charge is 2.29. The summed E-state index contributed by atoms with van der Waals surface area (Å²) in [6.07, 6.45) is 0. The number of nitrogens with zero attached hydrogens (tertiary/aromatic N) is 5. The number of benzene rings is 1. The molecular formula is C24H32N8O3S2. The Morgan fingerprint density at radius 2 is 1.92 bits per heavy atom. The molecule has 2 aliphatic heterocycles. The topological polar surface area (TPSA) is 128 Å². The van der Waals surface area contributed by atoms with Crippen molar-refractivity contribution in [2.75, 3.05) is 63.1 Å². The highest BCUT2D eigenvalue weighted by molar-refractivity contribution is 7.98. The molecule has 13 heteroatoms. The first-order valence-corrected chi connectivity index (χ1v) is 14.8. The number of H-pyrrole nitrogens is 1. The van der Waals surface area contributed by atoms with Gasteiger partial charge in [-0.1, -0.05) is 23.9 Å². The molecule has 37 heavy (non-hydrogen) atoms. The van der Waals surface area contributed by atoms with Gasteiger partial charge in [-0.2, -0.15) is 5.10 Å². The van der Waals surface area contributed by atoms with Crippen LogP contribution in [-0.2, 0) is 20.3 Å². The first-order valence-electron chi connectivity index (χ1n) is 12.3. The molecule has 1 aromatic carbocycles. The maximum Gasteiger partial charge on any atom is 0.206 e. The number of anilines is 3. The van der Waals surface area contributed by atoms with Gasteiger partial charge in [0.05, 0.1) is 17.2 Å². The van der Waals surface area contributed by atoms with Crippen LogP contribution in [0.3, 0.4) is 0 Å². The Morgan fingerprint density at radius 3 is 2.59 bits per heavy atom. The molecule has 2 fully saturated rings. The van der Waals surface area contributed by atoms with Gasteiger partial charge in [0.1, 0.15) is 17.5 Å². The van der Waals surface area contributed by atoms with Crippen molar-refractivity contribution in [3.63, 3.8) is 0 Å². The number of morpholine rings is 1. The Bertz CT molecular complexity index is 1300. The summed E-state index contributed by atoms with van der Waals surface area (Å²) in [5.41, 5.74) is 1.03. The minimum Gasteiger partial charge on any atom is -0.359 e. The zero-order chi connectivity index (χ0) is 25.8. The lowest BCUT2D eigenvalue weighted by molar-refractivity contribution is 0.0785. The number of aromatic nitrogens is 4. The van der Waals surface area contributed by atoms with Crippen LogP contribution in [0.25, 0.3) is 0 Å². The molecule has 4 heterocycles. The van der Waals surface area contributed by atoms with E-state index in [-0.39, 0.29) is 4.90 Å². The number of aryl methyl sites for hydroxylation is 1. The van der Waals surface area contributed by atoms with Crippen molar-refractivity contribution < 1.29 is 13.2 Å². The Labute approximate surface area is 221 Å². The smallest absolute Gasteiger partial charge is 0.206 e. The summed E-state index contributed by atoms with van der Waals surface area (Å²) < 4.78 is 31.2. The van der Waals surface area contributed by atoms with Crippen LogP contribution < -0.4 is 15.5 Å². The third-order valence-corrected chi connectivity index (χ3v) is 9.19. The van der Waals surface area contributed by atoms with E-state index < -0.39 is 15.3 Å². The number of ether oxygens (including phenoxy) is 1. The SMILES string of the molecule is Cc1cc(Nc2cc(N3CCN(C)CC3)nc(SCc3ccc(S(=O)(=O)C4CNCCO4)cc3)n2)[nH]n1. The summed E-state index contributed by atoms with van der Waals surface area (Å²) in [5.74, 6) is 2.95. The minimum absolute atomic E-state index is 0.268. The number of hydrogen-bond donors (Lipinski definition) is 3. The number of aromatic amines is 1. The molecule has 2 saturated heterocycles. The zero-order valence-electron chi connectivity index (χ0n) is 21.0. The Kier molecular flexibility index (Phi) is 7.95. The van der Waals surface area contributed by atoms with Crippen LogP contribution >= 0.6 is 11.8 Å². The van der Waals surface area contributed by atoms with Crippen molar-refractivity contribution >= 4 is 39.1 Å². The standard InChI is InChI=1S/C24H32N8O3S2/c1-17-13-21(30-29-17)26-20-14-22(32-10-8-31(2)9-11-32)28-24(27-20)36-16-18-3-5-19(6-4-18)37(33,34)23-15-25-7-12-35-23/h3-6,13-14,23,25H,7-12,15-16H2,1-2H3,(H2,26,27,28,29,30). The van der Waals surface area contributed by atoms with Crippen molar-refractivity contribution in [2.45, 2.75) is 28.2 Å². The fraction of sp³-hybridized carbons (Fsp3) is 0.458. The molecule has 2 aromatic heterocycles. The highest BCUT2D eigenvalue weighted by Crippen LogP contribution is 2.27. The monoisotopic (exact) mass is 544 g/mol. The summed E-state index contributed by atoms with van der Waals surface area (Å²) >= 11 is 1.51. The van der Waals surface area contributed by atoms with E-state index in [1.165, 1.54) is 11.8 Å². The van der Waals surface area contributed by atoms with Crippen molar-refractivity contribution in [1.29, 1.82) is 0 Å². The Morgan fingerprint density at radius 1 is 1.14 bits per heavy atom. The lowest BCUT2D eigenvalue weighted by Gasteiger charge is -2.33. The number of sulfone groups is 1. The first-order chi connectivity index (χ1) is 17.9. The van der Waals surface area contributed by atoms with Crippen molar-refractivity contribution in [3.05, 3.63) is 47.7 Å². The van der Waals surface area contributed by atoms with E-state index in [1.807, 2.05) is 31.2 Å². The van der Waals surface area contributed by atoms with Crippen LogP contribution in [0, 0.1) is 6.92 Å². The quantitative estimate of drug-likeness (QED) is 0.285. The second kappa shape index (κ2) is 11.4. The molecule has 11 nitrogen and oxygen atoms in total. The number of likely N-dealkylation sites (N-methyl/N-ethyl adjacent to an activating group) is 1. The summed E-state index contributed by atoms with van der Waals surface area (Å²) in [6, 6.07) is 10.9. The third kappa shape index (κ3) is 6.41. The van der Waals surface area contributed by atoms with E-state index in [1.54, 1.807) is 12.1 Å². The predicted octanol–water partition coefficient (Wildman–Crippen LogP) is 2.02. The van der Waals surface area contributed by atoms with Crippen molar-refractivity contribution in [3.8, 4) is 0 Å². The molecule has 0 spiro atoms. The molecule has 0 amide bonds. The lowest BCUT2D eigenvalue weighted by Crippen LogP contribution is -2.44. The largest absolute Gasteiger partial charge is 0.359 e. The summed E-state index contributed by atoms with van der Waals surface area (Å²) in [6.45, 7) is 7.04. The molecular weight excluding hydrogens is 512 g/mol. The van der Waals surface area contributed by atoms with Gasteiger partial charge in [0.25, 0.3) is 0 Å². The Hall–Kier alpha value is -2.71.